The summed E-state index contributed by atoms with van der Waals surface area (Å²) in [6.45, 7) is 0.489. The molecule has 2 aromatic rings. The molecule has 3 heterocycles. The van der Waals surface area contributed by atoms with Crippen LogP contribution >= 0.6 is 0 Å². The summed E-state index contributed by atoms with van der Waals surface area (Å²) in [5.74, 6) is -2.93. The third-order valence-corrected chi connectivity index (χ3v) is 5.67. The minimum Gasteiger partial charge on any atom is -0.491 e. The summed E-state index contributed by atoms with van der Waals surface area (Å²) in [5.41, 5.74) is 0.984. The predicted molar refractivity (Wildman–Crippen MR) is 114 cm³/mol. The van der Waals surface area contributed by atoms with E-state index in [1.54, 1.807) is 23.0 Å². The molecule has 4 rings (SSSR count). The largest absolute Gasteiger partial charge is 0.491 e. The second-order valence-corrected chi connectivity index (χ2v) is 8.05. The molecule has 1 aromatic heterocycles. The van der Waals surface area contributed by atoms with Crippen LogP contribution in [-0.4, -0.2) is 67.2 Å². The predicted octanol–water partition coefficient (Wildman–Crippen LogP) is 0.556. The quantitative estimate of drug-likeness (QED) is 0.374. The summed E-state index contributed by atoms with van der Waals surface area (Å²) < 4.78 is 7.36. The average molecular weight is 469 g/mol. The van der Waals surface area contributed by atoms with E-state index in [4.69, 9.17) is 9.84 Å². The van der Waals surface area contributed by atoms with Gasteiger partial charge in [0.15, 0.2) is 0 Å². The Morgan fingerprint density at radius 1 is 1.18 bits per heavy atom. The van der Waals surface area contributed by atoms with Crippen molar-refractivity contribution >= 4 is 29.6 Å². The topological polar surface area (TPSA) is 161 Å². The molecule has 2 aliphatic rings. The van der Waals surface area contributed by atoms with Crippen molar-refractivity contribution in [2.45, 2.75) is 51.1 Å². The van der Waals surface area contributed by atoms with Crippen LogP contribution in [-0.2, 0) is 27.3 Å². The van der Waals surface area contributed by atoms with Crippen LogP contribution in [0.2, 0.25) is 0 Å². The zero-order valence-electron chi connectivity index (χ0n) is 18.2. The van der Waals surface area contributed by atoms with Crippen LogP contribution in [0.4, 0.5) is 0 Å². The number of unbranched alkanes of at least 4 members (excludes halogenated alkanes) is 1. The maximum atomic E-state index is 13.1. The Bertz CT molecular complexity index is 1160. The molecule has 0 radical (unpaired) electrons. The Kier molecular flexibility index (Phi) is 6.66. The van der Waals surface area contributed by atoms with Crippen LogP contribution < -0.4 is 10.1 Å². The van der Waals surface area contributed by atoms with Crippen LogP contribution in [0, 0.1) is 0 Å². The standard InChI is InChI=1S/C22H23N5O7/c28-17-9-8-15(20(31)23-17)27-21(32)14-5-3-6-16(19(14)22(27)33)34-11-10-26-12-13(24-25-26)4-1-2-7-18(29)30/h3,5-6,12,15H,1-2,4,7-11H2,(H,29,30)(H,23,28,31). The number of benzene rings is 1. The number of piperidine rings is 1. The highest BCUT2D eigenvalue weighted by atomic mass is 16.5. The molecule has 0 aliphatic carbocycles. The summed E-state index contributed by atoms with van der Waals surface area (Å²) >= 11 is 0. The second kappa shape index (κ2) is 9.81. The molecule has 12 nitrogen and oxygen atoms in total. The van der Waals surface area contributed by atoms with Crippen molar-refractivity contribution in [3.05, 3.63) is 41.2 Å². The smallest absolute Gasteiger partial charge is 0.303 e. The van der Waals surface area contributed by atoms with Crippen LogP contribution in [0.1, 0.15) is 58.5 Å². The number of nitrogens with zero attached hydrogens (tertiary/aromatic N) is 4. The van der Waals surface area contributed by atoms with Gasteiger partial charge in [-0.2, -0.15) is 0 Å². The number of ether oxygens (including phenoxy) is 1. The van der Waals surface area contributed by atoms with Gasteiger partial charge in [-0.3, -0.25) is 34.2 Å². The molecule has 1 unspecified atom stereocenters. The average Bonchev–Trinajstić information content (AvgIpc) is 3.34. The van der Waals surface area contributed by atoms with E-state index < -0.39 is 35.6 Å². The lowest BCUT2D eigenvalue weighted by molar-refractivity contribution is -0.138. The van der Waals surface area contributed by atoms with Gasteiger partial charge in [-0.1, -0.05) is 11.3 Å². The van der Waals surface area contributed by atoms with E-state index in [0.29, 0.717) is 25.8 Å². The maximum Gasteiger partial charge on any atom is 0.303 e. The number of rotatable bonds is 10. The Labute approximate surface area is 193 Å². The first-order valence-corrected chi connectivity index (χ1v) is 10.9. The first kappa shape index (κ1) is 23.1. The number of hydrogen-bond acceptors (Lipinski definition) is 8. The minimum atomic E-state index is -1.04. The Morgan fingerprint density at radius 3 is 2.76 bits per heavy atom. The highest BCUT2D eigenvalue weighted by Crippen LogP contribution is 2.33. The van der Waals surface area contributed by atoms with Gasteiger partial charge in [-0.05, 0) is 37.8 Å². The molecule has 0 bridgehead atoms. The second-order valence-electron chi connectivity index (χ2n) is 8.05. The summed E-state index contributed by atoms with van der Waals surface area (Å²) in [6.07, 6.45) is 3.87. The minimum absolute atomic E-state index is 0.0482. The number of carbonyl (C=O) groups is 5. The van der Waals surface area contributed by atoms with Gasteiger partial charge in [0.25, 0.3) is 11.8 Å². The lowest BCUT2D eigenvalue weighted by Crippen LogP contribution is -2.54. The molecule has 0 spiro atoms. The van der Waals surface area contributed by atoms with Crippen molar-refractivity contribution in [3.8, 4) is 5.75 Å². The number of carbonyl (C=O) groups excluding carboxylic acids is 4. The number of aromatic nitrogens is 3. The van der Waals surface area contributed by atoms with E-state index in [0.717, 1.165) is 10.6 Å². The number of aryl methyl sites for hydroxylation is 1. The number of imide groups is 2. The SMILES string of the molecule is O=C(O)CCCCc1cn(CCOc2cccc3c2C(=O)N(C2CCC(=O)NC2=O)C3=O)nn1. The molecule has 1 aromatic carbocycles. The lowest BCUT2D eigenvalue weighted by Gasteiger charge is -2.27. The number of carboxylic acids is 1. The highest BCUT2D eigenvalue weighted by Gasteiger charge is 2.45. The third kappa shape index (κ3) is 4.80. The van der Waals surface area contributed by atoms with E-state index >= 15 is 0 Å². The molecule has 1 atom stereocenters. The number of hydrogen-bond donors (Lipinski definition) is 2. The molecule has 4 amide bonds. The first-order valence-electron chi connectivity index (χ1n) is 10.9. The van der Waals surface area contributed by atoms with Gasteiger partial charge in [-0.15, -0.1) is 5.10 Å². The number of nitrogens with one attached hydrogen (secondary N) is 1. The molecule has 178 valence electrons. The normalized spacial score (nSPS) is 17.6. The summed E-state index contributed by atoms with van der Waals surface area (Å²) in [6, 6.07) is 3.63. The number of carboxylic acid groups (broad SMARTS) is 1. The molecule has 1 saturated heterocycles. The fourth-order valence-corrected chi connectivity index (χ4v) is 4.00. The molecular weight excluding hydrogens is 446 g/mol. The van der Waals surface area contributed by atoms with Crippen LogP contribution in [0.15, 0.2) is 24.4 Å². The van der Waals surface area contributed by atoms with Crippen molar-refractivity contribution in [2.24, 2.45) is 0 Å². The van der Waals surface area contributed by atoms with Gasteiger partial charge in [0.2, 0.25) is 11.8 Å². The van der Waals surface area contributed by atoms with Crippen LogP contribution in [0.25, 0.3) is 0 Å². The van der Waals surface area contributed by atoms with E-state index in [2.05, 4.69) is 15.6 Å². The fraction of sp³-hybridized carbons (Fsp3) is 0.409. The zero-order chi connectivity index (χ0) is 24.2. The Hall–Kier alpha value is -4.09. The van der Waals surface area contributed by atoms with E-state index in [9.17, 15) is 24.0 Å². The van der Waals surface area contributed by atoms with Gasteiger partial charge in [0.1, 0.15) is 18.4 Å². The van der Waals surface area contributed by atoms with Crippen LogP contribution in [0.5, 0.6) is 5.75 Å². The molecule has 1 fully saturated rings. The first-order chi connectivity index (χ1) is 16.3. The zero-order valence-corrected chi connectivity index (χ0v) is 18.2. The molecule has 34 heavy (non-hydrogen) atoms. The molecule has 12 heteroatoms. The summed E-state index contributed by atoms with van der Waals surface area (Å²) in [7, 11) is 0. The lowest BCUT2D eigenvalue weighted by atomic mass is 10.0. The number of fused-ring (bicyclic) bond motifs is 1. The van der Waals surface area contributed by atoms with Gasteiger partial charge < -0.3 is 9.84 Å². The van der Waals surface area contributed by atoms with E-state index in [1.807, 2.05) is 0 Å². The van der Waals surface area contributed by atoms with Gasteiger partial charge in [0, 0.05) is 19.0 Å². The summed E-state index contributed by atoms with van der Waals surface area (Å²) in [5, 5.41) is 18.9. The number of aliphatic carboxylic acids is 1. The Balaban J connectivity index is 1.37. The van der Waals surface area contributed by atoms with Gasteiger partial charge in [0.05, 0.1) is 23.4 Å². The van der Waals surface area contributed by atoms with Crippen molar-refractivity contribution in [2.75, 3.05) is 6.61 Å². The number of amides is 4. The van der Waals surface area contributed by atoms with Crippen molar-refractivity contribution in [3.63, 3.8) is 0 Å². The molecule has 2 aliphatic heterocycles. The summed E-state index contributed by atoms with van der Waals surface area (Å²) in [4.78, 5) is 61.0. The van der Waals surface area contributed by atoms with E-state index in [-0.39, 0.29) is 42.7 Å². The van der Waals surface area contributed by atoms with E-state index in [1.165, 1.54) is 6.07 Å². The van der Waals surface area contributed by atoms with Crippen molar-refractivity contribution in [1.29, 1.82) is 0 Å². The van der Waals surface area contributed by atoms with Gasteiger partial charge in [-0.25, -0.2) is 4.68 Å². The van der Waals surface area contributed by atoms with Crippen molar-refractivity contribution in [1.82, 2.24) is 25.2 Å². The van der Waals surface area contributed by atoms with Gasteiger partial charge >= 0.3 is 5.97 Å². The monoisotopic (exact) mass is 469 g/mol. The fourth-order valence-electron chi connectivity index (χ4n) is 4.00. The molecule has 2 N–H and O–H groups in total. The highest BCUT2D eigenvalue weighted by molar-refractivity contribution is 6.24. The Morgan fingerprint density at radius 2 is 2.00 bits per heavy atom. The van der Waals surface area contributed by atoms with Crippen LogP contribution in [0.3, 0.4) is 0 Å². The third-order valence-electron chi connectivity index (χ3n) is 5.67. The van der Waals surface area contributed by atoms with Crippen molar-refractivity contribution < 1.29 is 33.8 Å². The molecular formula is C22H23N5O7. The maximum absolute atomic E-state index is 13.1. The molecule has 0 saturated carbocycles.